The number of aryl methyl sites for hydroxylation is 2. The van der Waals surface area contributed by atoms with Crippen molar-refractivity contribution >= 4 is 34.2 Å². The Morgan fingerprint density at radius 1 is 1.10 bits per heavy atom. The third kappa shape index (κ3) is 2.78. The third-order valence-electron chi connectivity index (χ3n) is 3.35. The largest absolute Gasteiger partial charge is 0.451 e. The number of anilines is 1. The summed E-state index contributed by atoms with van der Waals surface area (Å²) in [5.41, 5.74) is 3.43. The molecule has 1 aromatic heterocycles. The molecule has 1 N–H and O–H groups in total. The second-order valence-electron chi connectivity index (χ2n) is 5.07. The third-order valence-corrected chi connectivity index (χ3v) is 3.58. The van der Waals surface area contributed by atoms with Gasteiger partial charge in [0.1, 0.15) is 5.58 Å². The molecule has 3 nitrogen and oxygen atoms in total. The van der Waals surface area contributed by atoms with Crippen molar-refractivity contribution in [1.82, 2.24) is 0 Å². The number of rotatable bonds is 2. The zero-order chi connectivity index (χ0) is 15.0. The van der Waals surface area contributed by atoms with Crippen LogP contribution in [0, 0.1) is 13.8 Å². The highest BCUT2D eigenvalue weighted by molar-refractivity contribution is 6.31. The molecule has 106 valence electrons. The number of hydrogen-bond acceptors (Lipinski definition) is 2. The van der Waals surface area contributed by atoms with Crippen molar-refractivity contribution in [1.29, 1.82) is 0 Å². The minimum absolute atomic E-state index is 0.283. The van der Waals surface area contributed by atoms with Gasteiger partial charge in [0.15, 0.2) is 5.76 Å². The highest BCUT2D eigenvalue weighted by Gasteiger charge is 2.13. The topological polar surface area (TPSA) is 42.2 Å². The van der Waals surface area contributed by atoms with Crippen LogP contribution in [0.3, 0.4) is 0 Å². The van der Waals surface area contributed by atoms with Crippen LogP contribution < -0.4 is 5.32 Å². The van der Waals surface area contributed by atoms with Gasteiger partial charge < -0.3 is 9.73 Å². The monoisotopic (exact) mass is 299 g/mol. The molecule has 0 atom stereocenters. The highest BCUT2D eigenvalue weighted by atomic mass is 35.5. The number of carbonyl (C=O) groups excluding carboxylic acids is 1. The molecule has 0 aliphatic rings. The normalized spacial score (nSPS) is 10.8. The van der Waals surface area contributed by atoms with Crippen LogP contribution in [-0.2, 0) is 0 Å². The van der Waals surface area contributed by atoms with E-state index < -0.39 is 0 Å². The van der Waals surface area contributed by atoms with E-state index in [2.05, 4.69) is 5.32 Å². The van der Waals surface area contributed by atoms with Gasteiger partial charge in [0.05, 0.1) is 0 Å². The van der Waals surface area contributed by atoms with E-state index in [1.54, 1.807) is 18.2 Å². The first kappa shape index (κ1) is 13.7. The summed E-state index contributed by atoms with van der Waals surface area (Å²) in [6, 6.07) is 13.0. The Morgan fingerprint density at radius 2 is 1.90 bits per heavy atom. The van der Waals surface area contributed by atoms with Crippen LogP contribution in [0.25, 0.3) is 11.0 Å². The maximum Gasteiger partial charge on any atom is 0.291 e. The van der Waals surface area contributed by atoms with Crippen LogP contribution >= 0.6 is 11.6 Å². The summed E-state index contributed by atoms with van der Waals surface area (Å²) in [5, 5.41) is 4.32. The van der Waals surface area contributed by atoms with Gasteiger partial charge in [0.25, 0.3) is 5.91 Å². The van der Waals surface area contributed by atoms with Crippen LogP contribution in [0.2, 0.25) is 5.02 Å². The van der Waals surface area contributed by atoms with Crippen LogP contribution in [0.5, 0.6) is 0 Å². The van der Waals surface area contributed by atoms with Crippen LogP contribution in [0.15, 0.2) is 46.9 Å². The Labute approximate surface area is 127 Å². The average Bonchev–Trinajstić information content (AvgIpc) is 2.86. The van der Waals surface area contributed by atoms with Crippen molar-refractivity contribution in [3.05, 3.63) is 64.4 Å². The van der Waals surface area contributed by atoms with E-state index in [-0.39, 0.29) is 11.7 Å². The molecule has 2 aromatic carbocycles. The quantitative estimate of drug-likeness (QED) is 0.727. The van der Waals surface area contributed by atoms with Gasteiger partial charge >= 0.3 is 0 Å². The fourth-order valence-electron chi connectivity index (χ4n) is 2.16. The van der Waals surface area contributed by atoms with Gasteiger partial charge in [-0.05, 0) is 49.2 Å². The molecule has 3 rings (SSSR count). The molecule has 0 spiro atoms. The summed E-state index contributed by atoms with van der Waals surface area (Å²) < 4.78 is 5.61. The molecular formula is C17H14ClNO2. The number of nitrogens with one attached hydrogen (secondary N) is 1. The fraction of sp³-hybridized carbons (Fsp3) is 0.118. The van der Waals surface area contributed by atoms with Crippen LogP contribution in [0.4, 0.5) is 5.69 Å². The minimum atomic E-state index is -0.283. The molecule has 0 saturated heterocycles. The first-order valence-electron chi connectivity index (χ1n) is 6.60. The number of fused-ring (bicyclic) bond motifs is 1. The van der Waals surface area contributed by atoms with Crippen molar-refractivity contribution in [2.24, 2.45) is 0 Å². The van der Waals surface area contributed by atoms with E-state index in [4.69, 9.17) is 16.0 Å². The summed E-state index contributed by atoms with van der Waals surface area (Å²) >= 11 is 5.95. The number of halogens is 1. The van der Waals surface area contributed by atoms with Crippen LogP contribution in [0.1, 0.15) is 21.7 Å². The Hall–Kier alpha value is -2.26. The van der Waals surface area contributed by atoms with Crippen LogP contribution in [-0.4, -0.2) is 5.91 Å². The van der Waals surface area contributed by atoms with Gasteiger partial charge in [-0.3, -0.25) is 4.79 Å². The number of benzene rings is 2. The summed E-state index contributed by atoms with van der Waals surface area (Å²) in [6.07, 6.45) is 0. The molecule has 4 heteroatoms. The minimum Gasteiger partial charge on any atom is -0.451 e. The predicted octanol–water partition coefficient (Wildman–Crippen LogP) is 4.96. The van der Waals surface area contributed by atoms with E-state index in [1.165, 1.54) is 0 Å². The van der Waals surface area contributed by atoms with Gasteiger partial charge in [-0.1, -0.05) is 29.8 Å². The smallest absolute Gasteiger partial charge is 0.291 e. The highest BCUT2D eigenvalue weighted by Crippen LogP contribution is 2.24. The molecule has 1 amide bonds. The molecule has 0 bridgehead atoms. The lowest BCUT2D eigenvalue weighted by atomic mass is 10.2. The lowest BCUT2D eigenvalue weighted by Crippen LogP contribution is -2.11. The van der Waals surface area contributed by atoms with Crippen molar-refractivity contribution in [2.45, 2.75) is 13.8 Å². The van der Waals surface area contributed by atoms with Crippen molar-refractivity contribution in [3.8, 4) is 0 Å². The zero-order valence-electron chi connectivity index (χ0n) is 11.7. The second-order valence-corrected chi connectivity index (χ2v) is 5.50. The molecule has 21 heavy (non-hydrogen) atoms. The summed E-state index contributed by atoms with van der Waals surface area (Å²) in [7, 11) is 0. The number of furan rings is 1. The SMILES string of the molecule is Cc1ccc2cc(C(=O)Nc3cc(Cl)ccc3C)oc2c1. The lowest BCUT2D eigenvalue weighted by molar-refractivity contribution is 0.0998. The Kier molecular flexibility index (Phi) is 3.43. The molecule has 1 heterocycles. The van der Waals surface area contributed by atoms with E-state index >= 15 is 0 Å². The summed E-state index contributed by atoms with van der Waals surface area (Å²) in [4.78, 5) is 12.3. The van der Waals surface area contributed by atoms with Crippen molar-refractivity contribution < 1.29 is 9.21 Å². The first-order chi connectivity index (χ1) is 10.0. The average molecular weight is 300 g/mol. The Balaban J connectivity index is 1.91. The second kappa shape index (κ2) is 5.26. The molecule has 3 aromatic rings. The molecule has 0 unspecified atom stereocenters. The van der Waals surface area contributed by atoms with Gasteiger partial charge in [0, 0.05) is 16.1 Å². The Morgan fingerprint density at radius 3 is 2.71 bits per heavy atom. The number of amides is 1. The number of carbonyl (C=O) groups is 1. The maximum absolute atomic E-state index is 12.3. The maximum atomic E-state index is 12.3. The first-order valence-corrected chi connectivity index (χ1v) is 6.98. The number of hydrogen-bond donors (Lipinski definition) is 1. The van der Waals surface area contributed by atoms with Gasteiger partial charge in [-0.2, -0.15) is 0 Å². The zero-order valence-corrected chi connectivity index (χ0v) is 12.5. The van der Waals surface area contributed by atoms with Crippen molar-refractivity contribution in [3.63, 3.8) is 0 Å². The molecule has 0 fully saturated rings. The van der Waals surface area contributed by atoms with E-state index in [0.29, 0.717) is 16.3 Å². The van der Waals surface area contributed by atoms with Gasteiger partial charge in [-0.15, -0.1) is 0 Å². The summed E-state index contributed by atoms with van der Waals surface area (Å²) in [5.74, 6) is 0.00388. The Bertz CT molecular complexity index is 836. The lowest BCUT2D eigenvalue weighted by Gasteiger charge is -2.07. The molecular weight excluding hydrogens is 286 g/mol. The van der Waals surface area contributed by atoms with Gasteiger partial charge in [0.2, 0.25) is 0 Å². The van der Waals surface area contributed by atoms with Gasteiger partial charge in [-0.25, -0.2) is 0 Å². The van der Waals surface area contributed by atoms with E-state index in [9.17, 15) is 4.79 Å². The van der Waals surface area contributed by atoms with E-state index in [1.807, 2.05) is 38.1 Å². The fourth-order valence-corrected chi connectivity index (χ4v) is 2.34. The van der Waals surface area contributed by atoms with E-state index in [0.717, 1.165) is 16.5 Å². The molecule has 0 saturated carbocycles. The van der Waals surface area contributed by atoms with Crippen molar-refractivity contribution in [2.75, 3.05) is 5.32 Å². The standard InChI is InChI=1S/C17H14ClNO2/c1-10-3-5-12-8-16(21-15(12)7-10)17(20)19-14-9-13(18)6-4-11(14)2/h3-9H,1-2H3,(H,19,20). The summed E-state index contributed by atoms with van der Waals surface area (Å²) in [6.45, 7) is 3.89. The molecule has 0 aliphatic heterocycles. The molecule has 0 radical (unpaired) electrons. The predicted molar refractivity (Wildman–Crippen MR) is 85.1 cm³/mol. The molecule has 0 aliphatic carbocycles.